The summed E-state index contributed by atoms with van der Waals surface area (Å²) in [4.78, 5) is 15.4. The highest BCUT2D eigenvalue weighted by molar-refractivity contribution is 7.10. The molecule has 4 heteroatoms. The molecule has 0 radical (unpaired) electrons. The van der Waals surface area contributed by atoms with E-state index in [0.717, 1.165) is 18.5 Å². The van der Waals surface area contributed by atoms with Gasteiger partial charge in [-0.15, -0.1) is 11.3 Å². The number of amides is 1. The van der Waals surface area contributed by atoms with Gasteiger partial charge in [0.2, 0.25) is 0 Å². The fourth-order valence-corrected chi connectivity index (χ4v) is 3.57. The van der Waals surface area contributed by atoms with Crippen molar-refractivity contribution in [2.75, 3.05) is 11.5 Å². The van der Waals surface area contributed by atoms with E-state index in [-0.39, 0.29) is 12.1 Å². The van der Waals surface area contributed by atoms with Crippen LogP contribution < -0.4 is 4.90 Å². The molecular weight excluding hydrogens is 270 g/mol. The van der Waals surface area contributed by atoms with Crippen molar-refractivity contribution in [2.45, 2.75) is 25.8 Å². The Kier molecular flexibility index (Phi) is 3.74. The van der Waals surface area contributed by atoms with Gasteiger partial charge in [-0.3, -0.25) is 4.90 Å². The summed E-state index contributed by atoms with van der Waals surface area (Å²) in [6.07, 6.45) is 1.68. The zero-order chi connectivity index (χ0) is 13.9. The van der Waals surface area contributed by atoms with Gasteiger partial charge >= 0.3 is 6.09 Å². The van der Waals surface area contributed by atoms with Crippen molar-refractivity contribution in [3.63, 3.8) is 0 Å². The van der Waals surface area contributed by atoms with Gasteiger partial charge in [-0.05, 0) is 42.8 Å². The number of carbonyl (C=O) groups excluding carboxylic acids is 1. The van der Waals surface area contributed by atoms with Crippen molar-refractivity contribution >= 4 is 23.1 Å². The predicted molar refractivity (Wildman–Crippen MR) is 81.3 cm³/mol. The average Bonchev–Trinajstić information content (AvgIpc) is 3.00. The molecule has 0 saturated heterocycles. The molecule has 1 unspecified atom stereocenters. The van der Waals surface area contributed by atoms with Gasteiger partial charge < -0.3 is 4.74 Å². The minimum atomic E-state index is -0.252. The second-order valence-electron chi connectivity index (χ2n) is 4.77. The third kappa shape index (κ3) is 2.31. The average molecular weight is 287 g/mol. The van der Waals surface area contributed by atoms with Crippen LogP contribution in [0.4, 0.5) is 10.5 Å². The van der Waals surface area contributed by atoms with Crippen molar-refractivity contribution < 1.29 is 9.53 Å². The number of carbonyl (C=O) groups is 1. The lowest BCUT2D eigenvalue weighted by atomic mass is 9.95. The number of hydrogen-bond acceptors (Lipinski definition) is 3. The van der Waals surface area contributed by atoms with E-state index in [9.17, 15) is 4.79 Å². The molecule has 1 aliphatic rings. The van der Waals surface area contributed by atoms with Crippen molar-refractivity contribution in [2.24, 2.45) is 0 Å². The highest BCUT2D eigenvalue weighted by Gasteiger charge is 2.33. The standard InChI is InChI=1S/C16H17NO2S/c1-2-19-16(18)17-13-7-4-3-6-12(13)9-10-14(17)15-8-5-11-20-15/h3-8,11,14H,2,9-10H2,1H3. The molecule has 3 rings (SSSR count). The van der Waals surface area contributed by atoms with Gasteiger partial charge in [-0.25, -0.2) is 4.79 Å². The van der Waals surface area contributed by atoms with Crippen molar-refractivity contribution in [1.82, 2.24) is 0 Å². The number of rotatable bonds is 2. The van der Waals surface area contributed by atoms with E-state index in [1.807, 2.05) is 36.1 Å². The summed E-state index contributed by atoms with van der Waals surface area (Å²) >= 11 is 1.69. The van der Waals surface area contributed by atoms with Gasteiger partial charge in [0.25, 0.3) is 0 Å². The van der Waals surface area contributed by atoms with Gasteiger partial charge in [-0.2, -0.15) is 0 Å². The van der Waals surface area contributed by atoms with Crippen LogP contribution in [0.15, 0.2) is 41.8 Å². The van der Waals surface area contributed by atoms with E-state index < -0.39 is 0 Å². The van der Waals surface area contributed by atoms with Crippen molar-refractivity contribution in [3.8, 4) is 0 Å². The van der Waals surface area contributed by atoms with Crippen LogP contribution in [0.2, 0.25) is 0 Å². The lowest BCUT2D eigenvalue weighted by Gasteiger charge is -2.35. The predicted octanol–water partition coefficient (Wildman–Crippen LogP) is 4.40. The fraction of sp³-hybridized carbons (Fsp3) is 0.312. The molecule has 1 aliphatic heterocycles. The molecule has 1 aromatic heterocycles. The Bertz CT molecular complexity index is 594. The maximum Gasteiger partial charge on any atom is 0.414 e. The Balaban J connectivity index is 2.02. The second kappa shape index (κ2) is 5.67. The first-order chi connectivity index (χ1) is 9.81. The van der Waals surface area contributed by atoms with Gasteiger partial charge in [-0.1, -0.05) is 24.3 Å². The minimum absolute atomic E-state index is 0.0870. The van der Waals surface area contributed by atoms with Crippen LogP contribution in [-0.2, 0) is 11.2 Å². The van der Waals surface area contributed by atoms with Crippen LogP contribution in [0.3, 0.4) is 0 Å². The van der Waals surface area contributed by atoms with E-state index in [2.05, 4.69) is 17.5 Å². The zero-order valence-electron chi connectivity index (χ0n) is 11.4. The lowest BCUT2D eigenvalue weighted by Crippen LogP contribution is -2.38. The molecule has 0 bridgehead atoms. The number of para-hydroxylation sites is 1. The van der Waals surface area contributed by atoms with Gasteiger partial charge in [0, 0.05) is 4.88 Å². The summed E-state index contributed by atoms with van der Waals surface area (Å²) in [6, 6.07) is 12.3. The molecule has 0 N–H and O–H groups in total. The minimum Gasteiger partial charge on any atom is -0.449 e. The zero-order valence-corrected chi connectivity index (χ0v) is 12.2. The molecule has 0 aliphatic carbocycles. The molecule has 3 nitrogen and oxygen atoms in total. The summed E-state index contributed by atoms with van der Waals surface area (Å²) in [5.41, 5.74) is 2.20. The number of thiophene rings is 1. The van der Waals surface area contributed by atoms with Crippen LogP contribution in [-0.4, -0.2) is 12.7 Å². The quantitative estimate of drug-likeness (QED) is 0.819. The third-order valence-electron chi connectivity index (χ3n) is 3.59. The number of ether oxygens (including phenoxy) is 1. The molecule has 0 spiro atoms. The molecule has 0 fully saturated rings. The van der Waals surface area contributed by atoms with Gasteiger partial charge in [0.1, 0.15) is 0 Å². The van der Waals surface area contributed by atoms with E-state index in [4.69, 9.17) is 4.74 Å². The SMILES string of the molecule is CCOC(=O)N1c2ccccc2CCC1c1cccs1. The first-order valence-corrected chi connectivity index (χ1v) is 7.76. The molecule has 1 amide bonds. The Hall–Kier alpha value is -1.81. The summed E-state index contributed by atoms with van der Waals surface area (Å²) in [5.74, 6) is 0. The largest absolute Gasteiger partial charge is 0.449 e. The number of anilines is 1. The highest BCUT2D eigenvalue weighted by atomic mass is 32.1. The molecule has 2 heterocycles. The summed E-state index contributed by atoms with van der Waals surface area (Å²) < 4.78 is 5.26. The first-order valence-electron chi connectivity index (χ1n) is 6.88. The molecule has 1 aromatic carbocycles. The molecule has 0 saturated carbocycles. The molecule has 20 heavy (non-hydrogen) atoms. The topological polar surface area (TPSA) is 29.5 Å². The summed E-state index contributed by atoms with van der Waals surface area (Å²) in [5, 5.41) is 2.05. The number of fused-ring (bicyclic) bond motifs is 1. The maximum atomic E-state index is 12.4. The van der Waals surface area contributed by atoms with Crippen LogP contribution in [0.5, 0.6) is 0 Å². The van der Waals surface area contributed by atoms with E-state index in [1.54, 1.807) is 11.3 Å². The van der Waals surface area contributed by atoms with Gasteiger partial charge in [0.15, 0.2) is 0 Å². The van der Waals surface area contributed by atoms with Crippen LogP contribution in [0, 0.1) is 0 Å². The Labute approximate surface area is 122 Å². The first kappa shape index (κ1) is 13.2. The van der Waals surface area contributed by atoms with Crippen molar-refractivity contribution in [1.29, 1.82) is 0 Å². The van der Waals surface area contributed by atoms with E-state index >= 15 is 0 Å². The molecular formula is C16H17NO2S. The summed E-state index contributed by atoms with van der Waals surface area (Å²) in [7, 11) is 0. The Morgan fingerprint density at radius 3 is 2.95 bits per heavy atom. The maximum absolute atomic E-state index is 12.4. The number of benzene rings is 1. The van der Waals surface area contributed by atoms with Crippen LogP contribution in [0.25, 0.3) is 0 Å². The van der Waals surface area contributed by atoms with E-state index in [1.165, 1.54) is 10.4 Å². The highest BCUT2D eigenvalue weighted by Crippen LogP contribution is 2.40. The van der Waals surface area contributed by atoms with Gasteiger partial charge in [0.05, 0.1) is 18.3 Å². The fourth-order valence-electron chi connectivity index (χ4n) is 2.72. The Morgan fingerprint density at radius 1 is 1.35 bits per heavy atom. The third-order valence-corrected chi connectivity index (χ3v) is 4.56. The van der Waals surface area contributed by atoms with Crippen molar-refractivity contribution in [3.05, 3.63) is 52.2 Å². The molecule has 104 valence electrons. The van der Waals surface area contributed by atoms with Crippen LogP contribution in [0.1, 0.15) is 29.8 Å². The summed E-state index contributed by atoms with van der Waals surface area (Å²) in [6.45, 7) is 2.24. The van der Waals surface area contributed by atoms with Crippen LogP contribution >= 0.6 is 11.3 Å². The smallest absolute Gasteiger partial charge is 0.414 e. The Morgan fingerprint density at radius 2 is 2.20 bits per heavy atom. The second-order valence-corrected chi connectivity index (χ2v) is 5.75. The number of hydrogen-bond donors (Lipinski definition) is 0. The number of nitrogens with zero attached hydrogens (tertiary/aromatic N) is 1. The molecule has 1 atom stereocenters. The normalized spacial score (nSPS) is 17.6. The number of aryl methyl sites for hydroxylation is 1. The molecule has 2 aromatic rings. The van der Waals surface area contributed by atoms with E-state index in [0.29, 0.717) is 6.61 Å². The monoisotopic (exact) mass is 287 g/mol. The lowest BCUT2D eigenvalue weighted by molar-refractivity contribution is 0.156.